The second-order valence-electron chi connectivity index (χ2n) is 4.62. The minimum Gasteiger partial charge on any atom is -0.393 e. The second kappa shape index (κ2) is 6.05. The summed E-state index contributed by atoms with van der Waals surface area (Å²) in [6.45, 7) is 1.53. The number of rotatable bonds is 4. The fourth-order valence-electron chi connectivity index (χ4n) is 2.33. The highest BCUT2D eigenvalue weighted by molar-refractivity contribution is 6.33. The molecule has 1 aromatic carbocycles. The summed E-state index contributed by atoms with van der Waals surface area (Å²) in [7, 11) is 0. The molecule has 0 aliphatic heterocycles. The van der Waals surface area contributed by atoms with Gasteiger partial charge in [0, 0.05) is 23.1 Å². The number of hydrogen-bond acceptors (Lipinski definition) is 2. The van der Waals surface area contributed by atoms with Gasteiger partial charge in [0.2, 0.25) is 0 Å². The van der Waals surface area contributed by atoms with Crippen LogP contribution in [0.2, 0.25) is 10.0 Å². The van der Waals surface area contributed by atoms with Gasteiger partial charge in [0.25, 0.3) is 0 Å². The molecule has 4 heteroatoms. The molecule has 0 radical (unpaired) electrons. The molecule has 0 heterocycles. The van der Waals surface area contributed by atoms with Crippen LogP contribution in [-0.4, -0.2) is 17.8 Å². The molecule has 0 bridgehead atoms. The molecule has 2 unspecified atom stereocenters. The molecular formula is C13H17Cl2NO. The smallest absolute Gasteiger partial charge is 0.0580 e. The second-order valence-corrected chi connectivity index (χ2v) is 5.47. The van der Waals surface area contributed by atoms with Gasteiger partial charge in [-0.1, -0.05) is 29.6 Å². The van der Waals surface area contributed by atoms with Crippen LogP contribution in [0.5, 0.6) is 0 Å². The Morgan fingerprint density at radius 3 is 2.82 bits per heavy atom. The van der Waals surface area contributed by atoms with Gasteiger partial charge in [0.1, 0.15) is 0 Å². The molecule has 1 aliphatic carbocycles. The van der Waals surface area contributed by atoms with Crippen LogP contribution in [0, 0.1) is 5.92 Å². The van der Waals surface area contributed by atoms with Crippen molar-refractivity contribution in [2.75, 3.05) is 6.54 Å². The molecule has 1 fully saturated rings. The van der Waals surface area contributed by atoms with Gasteiger partial charge in [-0.15, -0.1) is 0 Å². The first kappa shape index (κ1) is 13.2. The number of nitrogens with one attached hydrogen (secondary N) is 1. The first-order valence-electron chi connectivity index (χ1n) is 5.99. The standard InChI is InChI=1S/C13H17Cl2NO/c14-11-4-5-12(15)10(6-11)8-16-7-9-2-1-3-13(9)17/h4-6,9,13,16-17H,1-3,7-8H2. The van der Waals surface area contributed by atoms with Gasteiger partial charge >= 0.3 is 0 Å². The predicted molar refractivity (Wildman–Crippen MR) is 71.5 cm³/mol. The molecule has 0 amide bonds. The van der Waals surface area contributed by atoms with Crippen LogP contribution in [-0.2, 0) is 6.54 Å². The van der Waals surface area contributed by atoms with Crippen molar-refractivity contribution in [1.29, 1.82) is 0 Å². The molecule has 0 spiro atoms. The summed E-state index contributed by atoms with van der Waals surface area (Å²) in [6, 6.07) is 5.47. The Kier molecular flexibility index (Phi) is 4.69. The topological polar surface area (TPSA) is 32.3 Å². The highest BCUT2D eigenvalue weighted by Gasteiger charge is 2.24. The van der Waals surface area contributed by atoms with E-state index in [1.807, 2.05) is 12.1 Å². The molecule has 2 atom stereocenters. The predicted octanol–water partition coefficient (Wildman–Crippen LogP) is 3.24. The Labute approximate surface area is 112 Å². The SMILES string of the molecule is OC1CCCC1CNCc1cc(Cl)ccc1Cl. The van der Waals surface area contributed by atoms with E-state index < -0.39 is 0 Å². The average molecular weight is 274 g/mol. The maximum absolute atomic E-state index is 9.70. The van der Waals surface area contributed by atoms with Crippen molar-refractivity contribution in [1.82, 2.24) is 5.32 Å². The lowest BCUT2D eigenvalue weighted by Crippen LogP contribution is -2.27. The van der Waals surface area contributed by atoms with E-state index in [4.69, 9.17) is 23.2 Å². The van der Waals surface area contributed by atoms with Crippen molar-refractivity contribution in [3.8, 4) is 0 Å². The molecule has 0 aromatic heterocycles. The third kappa shape index (κ3) is 3.59. The van der Waals surface area contributed by atoms with Crippen molar-refractivity contribution in [3.05, 3.63) is 33.8 Å². The lowest BCUT2D eigenvalue weighted by atomic mass is 10.1. The third-order valence-electron chi connectivity index (χ3n) is 3.35. The first-order chi connectivity index (χ1) is 8.16. The zero-order valence-corrected chi connectivity index (χ0v) is 11.1. The number of halogens is 2. The van der Waals surface area contributed by atoms with Crippen LogP contribution in [0.25, 0.3) is 0 Å². The summed E-state index contributed by atoms with van der Waals surface area (Å²) < 4.78 is 0. The third-order valence-corrected chi connectivity index (χ3v) is 3.95. The number of aliphatic hydroxyl groups is 1. The number of benzene rings is 1. The van der Waals surface area contributed by atoms with Gasteiger partial charge in [0.05, 0.1) is 6.10 Å². The largest absolute Gasteiger partial charge is 0.393 e. The van der Waals surface area contributed by atoms with Crippen LogP contribution in [0.1, 0.15) is 24.8 Å². The van der Waals surface area contributed by atoms with E-state index in [9.17, 15) is 5.11 Å². The van der Waals surface area contributed by atoms with E-state index in [2.05, 4.69) is 5.32 Å². The zero-order valence-electron chi connectivity index (χ0n) is 9.63. The maximum atomic E-state index is 9.70. The van der Waals surface area contributed by atoms with Crippen LogP contribution >= 0.6 is 23.2 Å². The number of aliphatic hydroxyl groups excluding tert-OH is 1. The molecule has 94 valence electrons. The molecule has 0 saturated heterocycles. The van der Waals surface area contributed by atoms with Crippen molar-refractivity contribution < 1.29 is 5.11 Å². The van der Waals surface area contributed by atoms with Crippen molar-refractivity contribution in [2.24, 2.45) is 5.92 Å². The summed E-state index contributed by atoms with van der Waals surface area (Å²) in [5.41, 5.74) is 1.01. The molecular weight excluding hydrogens is 257 g/mol. The van der Waals surface area contributed by atoms with Gasteiger partial charge in [-0.25, -0.2) is 0 Å². The molecule has 1 saturated carbocycles. The van der Waals surface area contributed by atoms with Crippen LogP contribution in [0.4, 0.5) is 0 Å². The van der Waals surface area contributed by atoms with E-state index in [-0.39, 0.29) is 6.10 Å². The Bertz CT molecular complexity index is 384. The van der Waals surface area contributed by atoms with Gasteiger partial charge in [0.15, 0.2) is 0 Å². The Hall–Kier alpha value is -0.280. The van der Waals surface area contributed by atoms with Gasteiger partial charge in [-0.3, -0.25) is 0 Å². The zero-order chi connectivity index (χ0) is 12.3. The van der Waals surface area contributed by atoms with Crippen molar-refractivity contribution in [2.45, 2.75) is 31.9 Å². The Balaban J connectivity index is 1.83. The van der Waals surface area contributed by atoms with E-state index in [1.54, 1.807) is 6.07 Å². The van der Waals surface area contributed by atoms with Crippen LogP contribution in [0.3, 0.4) is 0 Å². The Morgan fingerprint density at radius 2 is 2.12 bits per heavy atom. The lowest BCUT2D eigenvalue weighted by Gasteiger charge is -2.15. The van der Waals surface area contributed by atoms with Crippen LogP contribution < -0.4 is 5.32 Å². The fraction of sp³-hybridized carbons (Fsp3) is 0.538. The van der Waals surface area contributed by atoms with Crippen molar-refractivity contribution in [3.63, 3.8) is 0 Å². The molecule has 2 N–H and O–H groups in total. The summed E-state index contributed by atoms with van der Waals surface area (Å²) in [6.07, 6.45) is 3.03. The van der Waals surface area contributed by atoms with Gasteiger partial charge in [-0.2, -0.15) is 0 Å². The quantitative estimate of drug-likeness (QED) is 0.883. The normalized spacial score (nSPS) is 24.2. The lowest BCUT2D eigenvalue weighted by molar-refractivity contribution is 0.131. The highest BCUT2D eigenvalue weighted by atomic mass is 35.5. The summed E-state index contributed by atoms with van der Waals surface area (Å²) in [5, 5.41) is 14.5. The highest BCUT2D eigenvalue weighted by Crippen LogP contribution is 2.25. The molecule has 1 aliphatic rings. The van der Waals surface area contributed by atoms with E-state index in [0.717, 1.165) is 36.4 Å². The van der Waals surface area contributed by atoms with Crippen LogP contribution in [0.15, 0.2) is 18.2 Å². The fourth-order valence-corrected chi connectivity index (χ4v) is 2.71. The average Bonchev–Trinajstić information content (AvgIpc) is 2.70. The summed E-state index contributed by atoms with van der Waals surface area (Å²) >= 11 is 12.0. The first-order valence-corrected chi connectivity index (χ1v) is 6.75. The number of hydrogen-bond donors (Lipinski definition) is 2. The van der Waals surface area contributed by atoms with Crippen molar-refractivity contribution >= 4 is 23.2 Å². The Morgan fingerprint density at radius 1 is 1.29 bits per heavy atom. The van der Waals surface area contributed by atoms with E-state index in [0.29, 0.717) is 17.5 Å². The molecule has 17 heavy (non-hydrogen) atoms. The summed E-state index contributed by atoms with van der Waals surface area (Å²) in [5.74, 6) is 0.382. The van der Waals surface area contributed by atoms with Gasteiger partial charge < -0.3 is 10.4 Å². The minimum absolute atomic E-state index is 0.141. The summed E-state index contributed by atoms with van der Waals surface area (Å²) in [4.78, 5) is 0. The van der Waals surface area contributed by atoms with E-state index in [1.165, 1.54) is 0 Å². The molecule has 2 nitrogen and oxygen atoms in total. The minimum atomic E-state index is -0.141. The molecule has 2 rings (SSSR count). The van der Waals surface area contributed by atoms with Gasteiger partial charge in [-0.05, 0) is 42.5 Å². The molecule has 1 aromatic rings. The monoisotopic (exact) mass is 273 g/mol. The van der Waals surface area contributed by atoms with E-state index >= 15 is 0 Å². The maximum Gasteiger partial charge on any atom is 0.0580 e.